The third kappa shape index (κ3) is 2.14. The lowest BCUT2D eigenvalue weighted by Crippen LogP contribution is -1.94. The Balaban J connectivity index is 2.53. The highest BCUT2D eigenvalue weighted by molar-refractivity contribution is 6.29. The molecule has 16 heavy (non-hydrogen) atoms. The van der Waals surface area contributed by atoms with Crippen molar-refractivity contribution in [2.75, 3.05) is 7.11 Å². The van der Waals surface area contributed by atoms with Crippen molar-refractivity contribution in [3.8, 4) is 17.0 Å². The smallest absolute Gasteiger partial charge is 0.241 e. The van der Waals surface area contributed by atoms with E-state index in [0.717, 1.165) is 11.1 Å². The molecule has 0 radical (unpaired) electrons. The maximum atomic E-state index is 5.83. The average molecular weight is 235 g/mol. The molecular weight excluding hydrogens is 224 g/mol. The van der Waals surface area contributed by atoms with Crippen LogP contribution in [-0.4, -0.2) is 17.3 Å². The molecule has 0 fully saturated rings. The molecule has 0 unspecified atom stereocenters. The molecule has 0 aliphatic rings. The number of hydrogen-bond acceptors (Lipinski definition) is 3. The van der Waals surface area contributed by atoms with Crippen LogP contribution in [0.2, 0.25) is 5.15 Å². The van der Waals surface area contributed by atoms with E-state index < -0.39 is 0 Å². The lowest BCUT2D eigenvalue weighted by atomic mass is 10.1. The van der Waals surface area contributed by atoms with Crippen LogP contribution < -0.4 is 4.74 Å². The van der Waals surface area contributed by atoms with E-state index in [4.69, 9.17) is 16.3 Å². The van der Waals surface area contributed by atoms with Gasteiger partial charge in [0.1, 0.15) is 0 Å². The van der Waals surface area contributed by atoms with Gasteiger partial charge in [-0.05, 0) is 18.6 Å². The first-order valence-electron chi connectivity index (χ1n) is 4.85. The molecule has 1 heterocycles. The van der Waals surface area contributed by atoms with Crippen molar-refractivity contribution in [3.05, 3.63) is 41.0 Å². The number of aryl methyl sites for hydroxylation is 1. The van der Waals surface area contributed by atoms with Crippen LogP contribution in [0.5, 0.6) is 5.88 Å². The molecule has 0 bridgehead atoms. The molecule has 0 amide bonds. The second-order valence-corrected chi connectivity index (χ2v) is 3.84. The zero-order valence-corrected chi connectivity index (χ0v) is 9.82. The molecule has 0 spiro atoms. The van der Waals surface area contributed by atoms with E-state index in [1.807, 2.05) is 31.2 Å². The topological polar surface area (TPSA) is 35.0 Å². The van der Waals surface area contributed by atoms with E-state index in [9.17, 15) is 0 Å². The molecule has 0 N–H and O–H groups in total. The van der Waals surface area contributed by atoms with Crippen LogP contribution >= 0.6 is 11.6 Å². The summed E-state index contributed by atoms with van der Waals surface area (Å²) in [5.74, 6) is 0.480. The van der Waals surface area contributed by atoms with Gasteiger partial charge in [-0.2, -0.15) is 0 Å². The van der Waals surface area contributed by atoms with Crippen LogP contribution in [0.25, 0.3) is 11.1 Å². The SMILES string of the molecule is COc1nnc(Cl)cc1-c1ccc(C)cc1. The lowest BCUT2D eigenvalue weighted by molar-refractivity contribution is 0.394. The van der Waals surface area contributed by atoms with Crippen LogP contribution in [0.15, 0.2) is 30.3 Å². The third-order valence-electron chi connectivity index (χ3n) is 2.29. The molecule has 82 valence electrons. The second-order valence-electron chi connectivity index (χ2n) is 3.46. The monoisotopic (exact) mass is 234 g/mol. The van der Waals surface area contributed by atoms with Crippen LogP contribution in [0.4, 0.5) is 0 Å². The van der Waals surface area contributed by atoms with Crippen LogP contribution in [-0.2, 0) is 0 Å². The number of hydrogen-bond donors (Lipinski definition) is 0. The van der Waals surface area contributed by atoms with Gasteiger partial charge in [0.05, 0.1) is 7.11 Å². The predicted molar refractivity (Wildman–Crippen MR) is 63.8 cm³/mol. The minimum absolute atomic E-state index is 0.358. The van der Waals surface area contributed by atoms with Gasteiger partial charge in [-0.25, -0.2) is 0 Å². The van der Waals surface area contributed by atoms with E-state index in [1.54, 1.807) is 13.2 Å². The van der Waals surface area contributed by atoms with Crippen molar-refractivity contribution >= 4 is 11.6 Å². The minimum atomic E-state index is 0.358. The number of rotatable bonds is 2. The van der Waals surface area contributed by atoms with Gasteiger partial charge in [0.15, 0.2) is 5.15 Å². The van der Waals surface area contributed by atoms with Gasteiger partial charge >= 0.3 is 0 Å². The summed E-state index contributed by atoms with van der Waals surface area (Å²) < 4.78 is 5.15. The summed E-state index contributed by atoms with van der Waals surface area (Å²) in [6, 6.07) is 9.82. The van der Waals surface area contributed by atoms with Crippen molar-refractivity contribution in [2.24, 2.45) is 0 Å². The largest absolute Gasteiger partial charge is 0.479 e. The Labute approximate surface area is 99.0 Å². The highest BCUT2D eigenvalue weighted by Gasteiger charge is 2.08. The van der Waals surface area contributed by atoms with Gasteiger partial charge < -0.3 is 4.74 Å². The normalized spacial score (nSPS) is 10.2. The fourth-order valence-electron chi connectivity index (χ4n) is 1.45. The summed E-state index contributed by atoms with van der Waals surface area (Å²) in [6.07, 6.45) is 0. The summed E-state index contributed by atoms with van der Waals surface area (Å²) in [7, 11) is 1.57. The average Bonchev–Trinajstić information content (AvgIpc) is 2.30. The Hall–Kier alpha value is -1.61. The van der Waals surface area contributed by atoms with Gasteiger partial charge in [0.25, 0.3) is 0 Å². The maximum Gasteiger partial charge on any atom is 0.241 e. The van der Waals surface area contributed by atoms with Crippen LogP contribution in [0, 0.1) is 6.92 Å². The number of aromatic nitrogens is 2. The fourth-order valence-corrected chi connectivity index (χ4v) is 1.59. The molecule has 0 aliphatic heterocycles. The number of methoxy groups -OCH3 is 1. The van der Waals surface area contributed by atoms with Gasteiger partial charge in [-0.1, -0.05) is 41.4 Å². The van der Waals surface area contributed by atoms with Crippen LogP contribution in [0.3, 0.4) is 0 Å². The highest BCUT2D eigenvalue weighted by atomic mass is 35.5. The Morgan fingerprint density at radius 1 is 1.12 bits per heavy atom. The molecule has 0 saturated carbocycles. The number of ether oxygens (including phenoxy) is 1. The third-order valence-corrected chi connectivity index (χ3v) is 2.47. The number of halogens is 1. The quantitative estimate of drug-likeness (QED) is 0.801. The predicted octanol–water partition coefficient (Wildman–Crippen LogP) is 3.11. The fraction of sp³-hybridized carbons (Fsp3) is 0.167. The van der Waals surface area contributed by atoms with E-state index in [2.05, 4.69) is 10.2 Å². The van der Waals surface area contributed by atoms with Crippen molar-refractivity contribution < 1.29 is 4.74 Å². The van der Waals surface area contributed by atoms with E-state index in [0.29, 0.717) is 11.0 Å². The van der Waals surface area contributed by atoms with Crippen molar-refractivity contribution in [3.63, 3.8) is 0 Å². The van der Waals surface area contributed by atoms with Crippen molar-refractivity contribution in [1.82, 2.24) is 10.2 Å². The zero-order chi connectivity index (χ0) is 11.5. The summed E-state index contributed by atoms with van der Waals surface area (Å²) >= 11 is 5.83. The number of benzene rings is 1. The Morgan fingerprint density at radius 2 is 1.81 bits per heavy atom. The molecule has 2 rings (SSSR count). The van der Waals surface area contributed by atoms with Crippen molar-refractivity contribution in [2.45, 2.75) is 6.92 Å². The van der Waals surface area contributed by atoms with Gasteiger partial charge in [0, 0.05) is 5.56 Å². The first kappa shape index (κ1) is 10.9. The highest BCUT2D eigenvalue weighted by Crippen LogP contribution is 2.29. The molecule has 1 aromatic heterocycles. The molecule has 4 heteroatoms. The second kappa shape index (κ2) is 4.49. The van der Waals surface area contributed by atoms with Gasteiger partial charge in [-0.15, -0.1) is 10.2 Å². The Kier molecular flexibility index (Phi) is 3.06. The standard InChI is InChI=1S/C12H11ClN2O/c1-8-3-5-9(6-4-8)10-7-11(13)14-15-12(10)16-2/h3-7H,1-2H3. The molecule has 0 aliphatic carbocycles. The summed E-state index contributed by atoms with van der Waals surface area (Å²) in [6.45, 7) is 2.04. The summed E-state index contributed by atoms with van der Waals surface area (Å²) in [5.41, 5.74) is 3.07. The van der Waals surface area contributed by atoms with E-state index in [1.165, 1.54) is 5.56 Å². The summed E-state index contributed by atoms with van der Waals surface area (Å²) in [5, 5.41) is 7.99. The van der Waals surface area contributed by atoms with Gasteiger partial charge in [-0.3, -0.25) is 0 Å². The molecular formula is C12H11ClN2O. The maximum absolute atomic E-state index is 5.83. The molecule has 2 aromatic rings. The summed E-state index contributed by atoms with van der Waals surface area (Å²) in [4.78, 5) is 0. The molecule has 3 nitrogen and oxygen atoms in total. The first-order chi connectivity index (χ1) is 7.70. The number of nitrogens with zero attached hydrogens (tertiary/aromatic N) is 2. The van der Waals surface area contributed by atoms with Gasteiger partial charge in [0.2, 0.25) is 5.88 Å². The molecule has 0 saturated heterocycles. The van der Waals surface area contributed by atoms with E-state index in [-0.39, 0.29) is 0 Å². The van der Waals surface area contributed by atoms with E-state index >= 15 is 0 Å². The zero-order valence-electron chi connectivity index (χ0n) is 9.07. The lowest BCUT2D eigenvalue weighted by Gasteiger charge is -2.07. The Bertz CT molecular complexity index is 497. The van der Waals surface area contributed by atoms with Crippen molar-refractivity contribution in [1.29, 1.82) is 0 Å². The first-order valence-corrected chi connectivity index (χ1v) is 5.23. The Morgan fingerprint density at radius 3 is 2.44 bits per heavy atom. The molecule has 0 atom stereocenters. The molecule has 1 aromatic carbocycles. The van der Waals surface area contributed by atoms with Crippen LogP contribution in [0.1, 0.15) is 5.56 Å². The minimum Gasteiger partial charge on any atom is -0.479 e.